The van der Waals surface area contributed by atoms with Gasteiger partial charge >= 0.3 is 0 Å². The zero-order chi connectivity index (χ0) is 23.3. The molecule has 1 aliphatic rings. The molecule has 0 spiro atoms. The molecule has 0 saturated heterocycles. The molecule has 0 radical (unpaired) electrons. The number of hydrogen-bond donors (Lipinski definition) is 1. The van der Waals surface area contributed by atoms with Gasteiger partial charge in [-0.2, -0.15) is 0 Å². The summed E-state index contributed by atoms with van der Waals surface area (Å²) in [5.74, 6) is 2.41. The van der Waals surface area contributed by atoms with Crippen LogP contribution in [0.2, 0.25) is 0 Å². The van der Waals surface area contributed by atoms with Crippen molar-refractivity contribution >= 4 is 22.9 Å². The van der Waals surface area contributed by atoms with Gasteiger partial charge in [-0.05, 0) is 39.2 Å². The van der Waals surface area contributed by atoms with E-state index in [1.54, 1.807) is 24.9 Å². The average molecular weight is 443 g/mol. The minimum atomic E-state index is -0.633. The van der Waals surface area contributed by atoms with Gasteiger partial charge in [0.15, 0.2) is 5.65 Å². The highest BCUT2D eigenvalue weighted by Crippen LogP contribution is 2.42. The van der Waals surface area contributed by atoms with Crippen molar-refractivity contribution in [3.05, 3.63) is 42.4 Å². The Bertz CT molecular complexity index is 1380. The molecule has 9 heteroatoms. The van der Waals surface area contributed by atoms with Gasteiger partial charge in [-0.3, -0.25) is 4.79 Å². The van der Waals surface area contributed by atoms with Crippen LogP contribution in [-0.4, -0.2) is 40.4 Å². The summed E-state index contributed by atoms with van der Waals surface area (Å²) in [7, 11) is 0. The Morgan fingerprint density at radius 3 is 2.48 bits per heavy atom. The monoisotopic (exact) mass is 442 g/mol. The predicted octanol–water partition coefficient (Wildman–Crippen LogP) is 3.93. The SMILES string of the molecule is CCn1c(-c2cnc(C)nc2)nc2c(-c3cnc4c(c3)C(C)(CC(C)C)C(=O)N4)ncnc21. The fourth-order valence-electron chi connectivity index (χ4n) is 4.68. The number of nitrogens with one attached hydrogen (secondary N) is 1. The van der Waals surface area contributed by atoms with Crippen molar-refractivity contribution in [1.29, 1.82) is 0 Å². The molecule has 9 nitrogen and oxygen atoms in total. The van der Waals surface area contributed by atoms with E-state index >= 15 is 0 Å². The lowest BCUT2D eigenvalue weighted by Gasteiger charge is -2.24. The molecule has 1 atom stereocenters. The Balaban J connectivity index is 1.68. The lowest BCUT2D eigenvalue weighted by Crippen LogP contribution is -2.32. The third-order valence-corrected chi connectivity index (χ3v) is 6.19. The molecule has 4 aromatic rings. The van der Waals surface area contributed by atoms with Crippen LogP contribution in [0.4, 0.5) is 5.82 Å². The summed E-state index contributed by atoms with van der Waals surface area (Å²) < 4.78 is 2.03. The van der Waals surface area contributed by atoms with Crippen LogP contribution in [-0.2, 0) is 16.8 Å². The molecular weight excluding hydrogens is 416 g/mol. The number of nitrogens with zero attached hydrogens (tertiary/aromatic N) is 7. The van der Waals surface area contributed by atoms with Crippen LogP contribution in [0, 0.1) is 12.8 Å². The minimum absolute atomic E-state index is 0.0133. The summed E-state index contributed by atoms with van der Waals surface area (Å²) in [5.41, 5.74) is 3.98. The summed E-state index contributed by atoms with van der Waals surface area (Å²) in [6, 6.07) is 2.02. The molecule has 168 valence electrons. The smallest absolute Gasteiger partial charge is 0.236 e. The molecule has 1 unspecified atom stereocenters. The van der Waals surface area contributed by atoms with Crippen LogP contribution in [0.3, 0.4) is 0 Å². The van der Waals surface area contributed by atoms with E-state index in [1.807, 2.05) is 31.4 Å². The zero-order valence-corrected chi connectivity index (χ0v) is 19.4. The van der Waals surface area contributed by atoms with Crippen molar-refractivity contribution in [3.63, 3.8) is 0 Å². The maximum absolute atomic E-state index is 12.8. The van der Waals surface area contributed by atoms with Crippen LogP contribution in [0.25, 0.3) is 33.8 Å². The molecular formula is C24H26N8O. The number of aryl methyl sites for hydroxylation is 2. The van der Waals surface area contributed by atoms with Crippen LogP contribution in [0.15, 0.2) is 31.0 Å². The molecule has 5 rings (SSSR count). The maximum atomic E-state index is 12.8. The summed E-state index contributed by atoms with van der Waals surface area (Å²) in [6.45, 7) is 10.8. The highest BCUT2D eigenvalue weighted by molar-refractivity contribution is 6.05. The van der Waals surface area contributed by atoms with Gasteiger partial charge in [-0.25, -0.2) is 29.9 Å². The normalized spacial score (nSPS) is 17.6. The molecule has 1 amide bonds. The number of amides is 1. The van der Waals surface area contributed by atoms with Crippen molar-refractivity contribution in [2.24, 2.45) is 5.92 Å². The second-order valence-corrected chi connectivity index (χ2v) is 9.10. The highest BCUT2D eigenvalue weighted by atomic mass is 16.2. The molecule has 0 fully saturated rings. The molecule has 0 aliphatic carbocycles. The van der Waals surface area contributed by atoms with E-state index in [0.717, 1.165) is 34.6 Å². The number of hydrogen-bond acceptors (Lipinski definition) is 7. The van der Waals surface area contributed by atoms with E-state index in [4.69, 9.17) is 4.98 Å². The van der Waals surface area contributed by atoms with Crippen molar-refractivity contribution in [3.8, 4) is 22.6 Å². The first-order chi connectivity index (χ1) is 15.8. The molecule has 1 N–H and O–H groups in total. The fourth-order valence-corrected chi connectivity index (χ4v) is 4.68. The van der Waals surface area contributed by atoms with Crippen LogP contribution >= 0.6 is 0 Å². The maximum Gasteiger partial charge on any atom is 0.236 e. The van der Waals surface area contributed by atoms with Crippen molar-refractivity contribution in [2.75, 3.05) is 5.32 Å². The molecule has 33 heavy (non-hydrogen) atoms. The third-order valence-electron chi connectivity index (χ3n) is 6.19. The number of imidazole rings is 1. The van der Waals surface area contributed by atoms with Gasteiger partial charge in [0.1, 0.15) is 35.0 Å². The Hall–Kier alpha value is -3.75. The summed E-state index contributed by atoms with van der Waals surface area (Å²) >= 11 is 0. The molecule has 4 aromatic heterocycles. The first-order valence-corrected chi connectivity index (χ1v) is 11.1. The lowest BCUT2D eigenvalue weighted by atomic mass is 9.77. The quantitative estimate of drug-likeness (QED) is 0.498. The number of aromatic nitrogens is 7. The number of fused-ring (bicyclic) bond motifs is 2. The second-order valence-electron chi connectivity index (χ2n) is 9.10. The molecule has 0 saturated carbocycles. The summed E-state index contributed by atoms with van der Waals surface area (Å²) in [4.78, 5) is 40.0. The lowest BCUT2D eigenvalue weighted by molar-refractivity contribution is -0.120. The van der Waals surface area contributed by atoms with Crippen molar-refractivity contribution in [2.45, 2.75) is 53.0 Å². The molecule has 0 bridgehead atoms. The molecule has 5 heterocycles. The van der Waals surface area contributed by atoms with Gasteiger partial charge in [-0.15, -0.1) is 0 Å². The molecule has 1 aliphatic heterocycles. The number of carbonyl (C=O) groups excluding carboxylic acids is 1. The van der Waals surface area contributed by atoms with Crippen molar-refractivity contribution in [1.82, 2.24) is 34.5 Å². The average Bonchev–Trinajstić information content (AvgIpc) is 3.28. The van der Waals surface area contributed by atoms with Crippen LogP contribution < -0.4 is 5.32 Å². The highest BCUT2D eigenvalue weighted by Gasteiger charge is 2.44. The first-order valence-electron chi connectivity index (χ1n) is 11.1. The minimum Gasteiger partial charge on any atom is -0.310 e. The van der Waals surface area contributed by atoms with E-state index in [1.165, 1.54) is 0 Å². The number of carbonyl (C=O) groups is 1. The number of rotatable bonds is 5. The first kappa shape index (κ1) is 21.1. The van der Waals surface area contributed by atoms with E-state index in [0.29, 0.717) is 35.3 Å². The summed E-state index contributed by atoms with van der Waals surface area (Å²) in [5, 5.41) is 2.94. The van der Waals surface area contributed by atoms with Crippen molar-refractivity contribution < 1.29 is 4.79 Å². The Kier molecular flexibility index (Phi) is 4.92. The topological polar surface area (TPSA) is 111 Å². The van der Waals surface area contributed by atoms with Gasteiger partial charge in [0.25, 0.3) is 0 Å². The number of anilines is 1. The standard InChI is InChI=1S/C24H26N8O/c1-6-32-21(16-10-25-14(4)26-11-16)30-19-18(28-12-29-22(19)32)15-7-17-20(27-9-15)31-23(33)24(17,5)8-13(2)3/h7,9-13H,6,8H2,1-5H3,(H,27,31,33). The third kappa shape index (κ3) is 3.35. The van der Waals surface area contributed by atoms with Gasteiger partial charge in [0.05, 0.1) is 11.0 Å². The van der Waals surface area contributed by atoms with Gasteiger partial charge in [0.2, 0.25) is 5.91 Å². The Labute approximate surface area is 191 Å². The fraction of sp³-hybridized carbons (Fsp3) is 0.375. The summed E-state index contributed by atoms with van der Waals surface area (Å²) in [6.07, 6.45) is 7.56. The van der Waals surface area contributed by atoms with Crippen LogP contribution in [0.1, 0.15) is 45.5 Å². The predicted molar refractivity (Wildman–Crippen MR) is 125 cm³/mol. The van der Waals surface area contributed by atoms with Gasteiger partial charge < -0.3 is 9.88 Å². The zero-order valence-electron chi connectivity index (χ0n) is 19.4. The van der Waals surface area contributed by atoms with E-state index < -0.39 is 5.41 Å². The number of pyridine rings is 1. The van der Waals surface area contributed by atoms with E-state index in [9.17, 15) is 4.79 Å². The largest absolute Gasteiger partial charge is 0.310 e. The van der Waals surface area contributed by atoms with Gasteiger partial charge in [-0.1, -0.05) is 13.8 Å². The van der Waals surface area contributed by atoms with Crippen LogP contribution in [0.5, 0.6) is 0 Å². The second kappa shape index (κ2) is 7.68. The van der Waals surface area contributed by atoms with E-state index in [-0.39, 0.29) is 5.91 Å². The van der Waals surface area contributed by atoms with Gasteiger partial charge in [0, 0.05) is 36.3 Å². The Morgan fingerprint density at radius 1 is 1.06 bits per heavy atom. The Morgan fingerprint density at radius 2 is 1.79 bits per heavy atom. The van der Waals surface area contributed by atoms with E-state index in [2.05, 4.69) is 44.1 Å². The molecule has 0 aromatic carbocycles.